The Hall–Kier alpha value is -1.66. The van der Waals surface area contributed by atoms with E-state index in [9.17, 15) is 4.79 Å². The zero-order chi connectivity index (χ0) is 19.1. The largest absolute Gasteiger partial charge is 0.462 e. The second-order valence-corrected chi connectivity index (χ2v) is 9.46. The summed E-state index contributed by atoms with van der Waals surface area (Å²) in [5, 5.41) is 0. The lowest BCUT2D eigenvalue weighted by molar-refractivity contribution is -0.0150. The maximum atomic E-state index is 12.5. The van der Waals surface area contributed by atoms with Gasteiger partial charge in [0.1, 0.15) is 0 Å². The standard InChI is InChI=1S/C24H24INO2/c25-19-8-6-16(7-9-19)12-18-14-26-20-10-11-23(26)22(21(18)13-20)15-28-24(27)17-4-2-1-3-5-17/h1-9,12,20-23H,10-11,13-15H2/b18-12+/t20-,21+,22-,23+/m0/s1. The average molecular weight is 485 g/mol. The molecule has 0 aliphatic carbocycles. The molecule has 0 radical (unpaired) electrons. The molecule has 4 aliphatic heterocycles. The summed E-state index contributed by atoms with van der Waals surface area (Å²) in [7, 11) is 0. The fourth-order valence-electron chi connectivity index (χ4n) is 5.40. The van der Waals surface area contributed by atoms with Crippen molar-refractivity contribution in [3.8, 4) is 0 Å². The van der Waals surface area contributed by atoms with E-state index in [4.69, 9.17) is 4.74 Å². The monoisotopic (exact) mass is 485 g/mol. The molecule has 6 rings (SSSR count). The average Bonchev–Trinajstić information content (AvgIpc) is 3.05. The van der Waals surface area contributed by atoms with Crippen molar-refractivity contribution in [3.63, 3.8) is 0 Å². The summed E-state index contributed by atoms with van der Waals surface area (Å²) in [6, 6.07) is 19.4. The Morgan fingerprint density at radius 1 is 1.11 bits per heavy atom. The van der Waals surface area contributed by atoms with Gasteiger partial charge < -0.3 is 4.74 Å². The third-order valence-electron chi connectivity index (χ3n) is 6.71. The van der Waals surface area contributed by atoms with E-state index in [1.54, 1.807) is 0 Å². The Bertz CT molecular complexity index is 893. The van der Waals surface area contributed by atoms with Gasteiger partial charge in [-0.1, -0.05) is 42.0 Å². The van der Waals surface area contributed by atoms with Crippen molar-refractivity contribution in [2.45, 2.75) is 31.3 Å². The molecule has 4 fully saturated rings. The molecule has 5 atom stereocenters. The first-order valence-electron chi connectivity index (χ1n) is 10.1. The Labute approximate surface area is 179 Å². The van der Waals surface area contributed by atoms with E-state index in [1.165, 1.54) is 34.0 Å². The molecule has 144 valence electrons. The molecule has 28 heavy (non-hydrogen) atoms. The number of nitrogens with zero attached hydrogens (tertiary/aromatic N) is 1. The maximum Gasteiger partial charge on any atom is 0.338 e. The van der Waals surface area contributed by atoms with Crippen LogP contribution in [0, 0.1) is 15.4 Å². The van der Waals surface area contributed by atoms with Gasteiger partial charge in [-0.3, -0.25) is 4.90 Å². The maximum absolute atomic E-state index is 12.5. The quantitative estimate of drug-likeness (QED) is 0.451. The summed E-state index contributed by atoms with van der Waals surface area (Å²) >= 11 is 2.35. The lowest BCUT2D eigenvalue weighted by atomic mass is 9.71. The van der Waals surface area contributed by atoms with Crippen LogP contribution in [0.3, 0.4) is 0 Å². The molecular weight excluding hydrogens is 461 g/mol. The topological polar surface area (TPSA) is 29.5 Å². The number of hydrogen-bond acceptors (Lipinski definition) is 3. The van der Waals surface area contributed by atoms with Crippen LogP contribution in [0.1, 0.15) is 35.2 Å². The van der Waals surface area contributed by atoms with Gasteiger partial charge in [0.25, 0.3) is 0 Å². The summed E-state index contributed by atoms with van der Waals surface area (Å²) in [4.78, 5) is 15.1. The first-order chi connectivity index (χ1) is 13.7. The number of halogens is 1. The number of piperidine rings is 3. The van der Waals surface area contributed by atoms with Gasteiger partial charge in [0.15, 0.2) is 0 Å². The highest BCUT2D eigenvalue weighted by Crippen LogP contribution is 2.50. The summed E-state index contributed by atoms with van der Waals surface area (Å²) in [6.07, 6.45) is 6.12. The first-order valence-corrected chi connectivity index (χ1v) is 11.2. The molecule has 2 aromatic rings. The van der Waals surface area contributed by atoms with Crippen LogP contribution in [-0.2, 0) is 4.74 Å². The smallest absolute Gasteiger partial charge is 0.338 e. The molecular formula is C24H24INO2. The Balaban J connectivity index is 1.35. The van der Waals surface area contributed by atoms with Crippen LogP contribution >= 0.6 is 22.6 Å². The van der Waals surface area contributed by atoms with Crippen molar-refractivity contribution < 1.29 is 9.53 Å². The van der Waals surface area contributed by atoms with Gasteiger partial charge in [-0.2, -0.15) is 0 Å². The van der Waals surface area contributed by atoms with Gasteiger partial charge in [-0.25, -0.2) is 4.79 Å². The van der Waals surface area contributed by atoms with Gasteiger partial charge in [-0.15, -0.1) is 0 Å². The molecule has 0 spiro atoms. The molecule has 0 N–H and O–H groups in total. The van der Waals surface area contributed by atoms with Crippen molar-refractivity contribution in [3.05, 3.63) is 74.9 Å². The molecule has 4 saturated heterocycles. The molecule has 4 aliphatic rings. The van der Waals surface area contributed by atoms with Gasteiger partial charge in [0.2, 0.25) is 0 Å². The van der Waals surface area contributed by atoms with Crippen LogP contribution in [-0.4, -0.2) is 36.1 Å². The zero-order valence-electron chi connectivity index (χ0n) is 15.8. The summed E-state index contributed by atoms with van der Waals surface area (Å²) < 4.78 is 7.05. The number of carbonyl (C=O) groups excluding carboxylic acids is 1. The molecule has 0 aromatic heterocycles. The van der Waals surface area contributed by atoms with Gasteiger partial charge in [0.05, 0.1) is 12.2 Å². The highest BCUT2D eigenvalue weighted by atomic mass is 127. The second kappa shape index (κ2) is 7.64. The van der Waals surface area contributed by atoms with Gasteiger partial charge in [0, 0.05) is 28.1 Å². The predicted octanol–water partition coefficient (Wildman–Crippen LogP) is 5.01. The van der Waals surface area contributed by atoms with Crippen molar-refractivity contribution in [2.75, 3.05) is 13.2 Å². The first kappa shape index (κ1) is 18.4. The van der Waals surface area contributed by atoms with Gasteiger partial charge in [-0.05, 0) is 77.6 Å². The van der Waals surface area contributed by atoms with Crippen LogP contribution in [0.15, 0.2) is 60.2 Å². The Morgan fingerprint density at radius 3 is 2.68 bits per heavy atom. The summed E-state index contributed by atoms with van der Waals surface area (Å²) in [5.41, 5.74) is 3.43. The van der Waals surface area contributed by atoms with Crippen molar-refractivity contribution in [2.24, 2.45) is 11.8 Å². The fraction of sp³-hybridized carbons (Fsp3) is 0.375. The second-order valence-electron chi connectivity index (χ2n) is 8.21. The van der Waals surface area contributed by atoms with Crippen molar-refractivity contribution in [1.29, 1.82) is 0 Å². The lowest BCUT2D eigenvalue weighted by Gasteiger charge is -2.51. The summed E-state index contributed by atoms with van der Waals surface area (Å²) in [6.45, 7) is 1.60. The minimum atomic E-state index is -0.199. The molecule has 4 bridgehead atoms. The third kappa shape index (κ3) is 3.41. The number of ether oxygens (including phenoxy) is 1. The van der Waals surface area contributed by atoms with Crippen LogP contribution in [0.4, 0.5) is 0 Å². The molecule has 1 unspecified atom stereocenters. The van der Waals surface area contributed by atoms with E-state index in [-0.39, 0.29) is 5.97 Å². The van der Waals surface area contributed by atoms with Crippen LogP contribution in [0.2, 0.25) is 0 Å². The van der Waals surface area contributed by atoms with E-state index < -0.39 is 0 Å². The molecule has 2 aromatic carbocycles. The number of rotatable bonds is 4. The number of benzene rings is 2. The zero-order valence-corrected chi connectivity index (χ0v) is 17.9. The lowest BCUT2D eigenvalue weighted by Crippen LogP contribution is -2.57. The van der Waals surface area contributed by atoms with Crippen molar-refractivity contribution in [1.82, 2.24) is 4.90 Å². The summed E-state index contributed by atoms with van der Waals surface area (Å²) in [5.74, 6) is 0.746. The minimum absolute atomic E-state index is 0.199. The Morgan fingerprint density at radius 2 is 1.89 bits per heavy atom. The van der Waals surface area contributed by atoms with Crippen LogP contribution in [0.5, 0.6) is 0 Å². The number of carbonyl (C=O) groups is 1. The minimum Gasteiger partial charge on any atom is -0.462 e. The van der Waals surface area contributed by atoms with Crippen LogP contribution < -0.4 is 0 Å². The van der Waals surface area contributed by atoms with E-state index in [0.717, 1.165) is 12.6 Å². The number of esters is 1. The van der Waals surface area contributed by atoms with Crippen LogP contribution in [0.25, 0.3) is 6.08 Å². The third-order valence-corrected chi connectivity index (χ3v) is 7.43. The highest BCUT2D eigenvalue weighted by molar-refractivity contribution is 14.1. The van der Waals surface area contributed by atoms with E-state index in [1.807, 2.05) is 30.3 Å². The fourth-order valence-corrected chi connectivity index (χ4v) is 5.76. The number of hydrogen-bond donors (Lipinski definition) is 0. The highest BCUT2D eigenvalue weighted by Gasteiger charge is 2.52. The Kier molecular flexibility index (Phi) is 5.01. The van der Waals surface area contributed by atoms with E-state index >= 15 is 0 Å². The molecule has 4 heteroatoms. The molecule has 0 saturated carbocycles. The van der Waals surface area contributed by atoms with Gasteiger partial charge >= 0.3 is 5.97 Å². The number of fused-ring (bicyclic) bond motifs is 1. The molecule has 0 amide bonds. The van der Waals surface area contributed by atoms with E-state index in [0.29, 0.717) is 30.0 Å². The van der Waals surface area contributed by atoms with E-state index in [2.05, 4.69) is 57.8 Å². The van der Waals surface area contributed by atoms with Crippen molar-refractivity contribution >= 4 is 34.6 Å². The molecule has 4 heterocycles. The molecule has 3 nitrogen and oxygen atoms in total. The predicted molar refractivity (Wildman–Crippen MR) is 119 cm³/mol. The SMILES string of the molecule is O=C(OC[C@H]1[C@@H]2C[C@@H]3CC[C@H]1N3C/C2=C\c1ccc(I)cc1)c1ccccc1. The normalized spacial score (nSPS) is 31.9.